The van der Waals surface area contributed by atoms with Crippen molar-refractivity contribution in [2.45, 2.75) is 32.7 Å². The first-order valence-electron chi connectivity index (χ1n) is 7.09. The smallest absolute Gasteiger partial charge is 0.243 e. The number of aryl methyl sites for hydroxylation is 2. The Labute approximate surface area is 139 Å². The predicted molar refractivity (Wildman–Crippen MR) is 91.7 cm³/mol. The Morgan fingerprint density at radius 1 is 1.36 bits per heavy atom. The average molecular weight is 339 g/mol. The van der Waals surface area contributed by atoms with Crippen molar-refractivity contribution in [3.05, 3.63) is 29.3 Å². The summed E-state index contributed by atoms with van der Waals surface area (Å²) < 4.78 is 0. The minimum Gasteiger partial charge on any atom is -0.306 e. The first-order valence-corrected chi connectivity index (χ1v) is 7.90. The van der Waals surface area contributed by atoms with Crippen LogP contribution >= 0.6 is 23.7 Å². The molecule has 22 heavy (non-hydrogen) atoms. The molecule has 1 aromatic heterocycles. The molecule has 0 radical (unpaired) electrons. The number of hydrogen-bond donors (Lipinski definition) is 2. The normalized spacial score (nSPS) is 17.1. The Morgan fingerprint density at radius 3 is 2.86 bits per heavy atom. The van der Waals surface area contributed by atoms with Crippen molar-refractivity contribution in [2.24, 2.45) is 0 Å². The molecule has 5 nitrogen and oxygen atoms in total. The van der Waals surface area contributed by atoms with Gasteiger partial charge in [0.25, 0.3) is 0 Å². The fourth-order valence-corrected chi connectivity index (χ4v) is 3.37. The van der Waals surface area contributed by atoms with Crippen molar-refractivity contribution in [1.29, 1.82) is 0 Å². The Hall–Kier alpha value is -1.50. The molecule has 1 unspecified atom stereocenters. The first kappa shape index (κ1) is 16.9. The molecule has 2 heterocycles. The molecule has 0 saturated carbocycles. The molecule has 3 rings (SSSR count). The van der Waals surface area contributed by atoms with Gasteiger partial charge in [0, 0.05) is 5.56 Å². The number of nitrogens with one attached hydrogen (secondary N) is 2. The molecule has 1 fully saturated rings. The van der Waals surface area contributed by atoms with E-state index in [1.54, 1.807) is 0 Å². The highest BCUT2D eigenvalue weighted by atomic mass is 35.5. The number of anilines is 1. The van der Waals surface area contributed by atoms with E-state index in [4.69, 9.17) is 0 Å². The minimum atomic E-state index is -0.0986. The van der Waals surface area contributed by atoms with Crippen LogP contribution in [0, 0.1) is 13.8 Å². The Kier molecular flexibility index (Phi) is 5.50. The highest BCUT2D eigenvalue weighted by molar-refractivity contribution is 7.18. The number of carbonyl (C=O) groups is 1. The quantitative estimate of drug-likeness (QED) is 0.903. The molecule has 7 heteroatoms. The van der Waals surface area contributed by atoms with Crippen LogP contribution in [0.5, 0.6) is 0 Å². The van der Waals surface area contributed by atoms with Gasteiger partial charge in [-0.25, -0.2) is 0 Å². The second-order valence-electron chi connectivity index (χ2n) is 5.37. The van der Waals surface area contributed by atoms with Gasteiger partial charge < -0.3 is 5.32 Å². The van der Waals surface area contributed by atoms with Crippen molar-refractivity contribution in [2.75, 3.05) is 11.9 Å². The van der Waals surface area contributed by atoms with Crippen molar-refractivity contribution >= 4 is 34.8 Å². The second kappa shape index (κ2) is 7.17. The number of halogens is 1. The molecule has 1 aliphatic rings. The van der Waals surface area contributed by atoms with Crippen LogP contribution < -0.4 is 10.6 Å². The summed E-state index contributed by atoms with van der Waals surface area (Å²) in [5.41, 5.74) is 3.46. The highest BCUT2D eigenvalue weighted by Gasteiger charge is 2.23. The van der Waals surface area contributed by atoms with E-state index in [2.05, 4.69) is 52.9 Å². The van der Waals surface area contributed by atoms with Gasteiger partial charge in [-0.1, -0.05) is 35.1 Å². The lowest BCUT2D eigenvalue weighted by atomic mass is 10.1. The molecule has 1 aliphatic heterocycles. The number of amides is 1. The van der Waals surface area contributed by atoms with Crippen molar-refractivity contribution in [3.8, 4) is 10.6 Å². The maximum absolute atomic E-state index is 12.0. The molecule has 1 atom stereocenters. The van der Waals surface area contributed by atoms with Crippen LogP contribution in [0.2, 0.25) is 0 Å². The number of hydrogen-bond acceptors (Lipinski definition) is 5. The molecule has 1 amide bonds. The van der Waals surface area contributed by atoms with Crippen LogP contribution in [-0.4, -0.2) is 28.7 Å². The van der Waals surface area contributed by atoms with Crippen molar-refractivity contribution in [3.63, 3.8) is 0 Å². The average Bonchev–Trinajstić information content (AvgIpc) is 3.09. The van der Waals surface area contributed by atoms with Gasteiger partial charge in [0.15, 0.2) is 0 Å². The molecule has 1 aromatic carbocycles. The van der Waals surface area contributed by atoms with Gasteiger partial charge >= 0.3 is 0 Å². The third-order valence-electron chi connectivity index (χ3n) is 3.64. The predicted octanol–water partition coefficient (Wildman–Crippen LogP) is 2.93. The summed E-state index contributed by atoms with van der Waals surface area (Å²) in [6, 6.07) is 6.13. The van der Waals surface area contributed by atoms with Crippen LogP contribution in [0.4, 0.5) is 5.13 Å². The molecular formula is C15H19ClN4OS. The summed E-state index contributed by atoms with van der Waals surface area (Å²) in [7, 11) is 0. The van der Waals surface area contributed by atoms with Crippen molar-refractivity contribution in [1.82, 2.24) is 15.5 Å². The number of benzene rings is 1. The molecule has 0 bridgehead atoms. The molecule has 0 aliphatic carbocycles. The van der Waals surface area contributed by atoms with Gasteiger partial charge in [-0.15, -0.1) is 22.6 Å². The summed E-state index contributed by atoms with van der Waals surface area (Å²) in [5, 5.41) is 15.7. The fourth-order valence-electron chi connectivity index (χ4n) is 2.54. The second-order valence-corrected chi connectivity index (χ2v) is 6.35. The van der Waals surface area contributed by atoms with Gasteiger partial charge in [-0.05, 0) is 38.8 Å². The topological polar surface area (TPSA) is 66.9 Å². The zero-order valence-corrected chi connectivity index (χ0v) is 14.2. The summed E-state index contributed by atoms with van der Waals surface area (Å²) in [4.78, 5) is 12.0. The first-order chi connectivity index (χ1) is 10.1. The summed E-state index contributed by atoms with van der Waals surface area (Å²) in [5.74, 6) is -0.0178. The third-order valence-corrected chi connectivity index (χ3v) is 4.52. The van der Waals surface area contributed by atoms with E-state index >= 15 is 0 Å². The van der Waals surface area contributed by atoms with Crippen LogP contribution in [0.15, 0.2) is 18.2 Å². The molecule has 2 aromatic rings. The standard InChI is InChI=1S/C15H18N4OS.ClH/c1-9-5-6-11(10(2)8-9)14-18-19-15(21-14)17-13(20)12-4-3-7-16-12;/h5-6,8,12,16H,3-4,7H2,1-2H3,(H,17,19,20);1H. The lowest BCUT2D eigenvalue weighted by molar-refractivity contribution is -0.117. The zero-order chi connectivity index (χ0) is 14.8. The Morgan fingerprint density at radius 2 is 2.18 bits per heavy atom. The van der Waals surface area contributed by atoms with Gasteiger partial charge in [0.1, 0.15) is 5.01 Å². The fraction of sp³-hybridized carbons (Fsp3) is 0.400. The van der Waals surface area contributed by atoms with E-state index in [0.717, 1.165) is 30.0 Å². The molecule has 0 spiro atoms. The van der Waals surface area contributed by atoms with Gasteiger partial charge in [-0.3, -0.25) is 10.1 Å². The van der Waals surface area contributed by atoms with Crippen molar-refractivity contribution < 1.29 is 4.79 Å². The van der Waals surface area contributed by atoms with E-state index in [1.165, 1.54) is 22.5 Å². The lowest BCUT2D eigenvalue weighted by Crippen LogP contribution is -2.35. The zero-order valence-electron chi connectivity index (χ0n) is 12.5. The van der Waals surface area contributed by atoms with Crippen LogP contribution in [-0.2, 0) is 4.79 Å². The van der Waals surface area contributed by atoms with Gasteiger partial charge in [0.2, 0.25) is 11.0 Å². The van der Waals surface area contributed by atoms with E-state index in [0.29, 0.717) is 5.13 Å². The Balaban J connectivity index is 0.00000176. The number of nitrogens with zero attached hydrogens (tertiary/aromatic N) is 2. The number of rotatable bonds is 3. The van der Waals surface area contributed by atoms with E-state index in [9.17, 15) is 4.79 Å². The van der Waals surface area contributed by atoms with Crippen LogP contribution in [0.25, 0.3) is 10.6 Å². The maximum Gasteiger partial charge on any atom is 0.243 e. The largest absolute Gasteiger partial charge is 0.306 e. The van der Waals surface area contributed by atoms with E-state index < -0.39 is 0 Å². The molecule has 2 N–H and O–H groups in total. The Bertz CT molecular complexity index is 667. The SMILES string of the molecule is Cc1ccc(-c2nnc(NC(=O)C3CCCN3)s2)c(C)c1.Cl. The van der Waals surface area contributed by atoms with Crippen LogP contribution in [0.3, 0.4) is 0 Å². The molecular weight excluding hydrogens is 320 g/mol. The van der Waals surface area contributed by atoms with Gasteiger partial charge in [-0.2, -0.15) is 0 Å². The number of carbonyl (C=O) groups excluding carboxylic acids is 1. The molecule has 1 saturated heterocycles. The van der Waals surface area contributed by atoms with Gasteiger partial charge in [0.05, 0.1) is 6.04 Å². The van der Waals surface area contributed by atoms with E-state index in [1.807, 2.05) is 0 Å². The summed E-state index contributed by atoms with van der Waals surface area (Å²) in [6.07, 6.45) is 1.93. The highest BCUT2D eigenvalue weighted by Crippen LogP contribution is 2.29. The van der Waals surface area contributed by atoms with Crippen LogP contribution in [0.1, 0.15) is 24.0 Å². The van der Waals surface area contributed by atoms with E-state index in [-0.39, 0.29) is 24.4 Å². The summed E-state index contributed by atoms with van der Waals surface area (Å²) >= 11 is 1.41. The third kappa shape index (κ3) is 3.63. The lowest BCUT2D eigenvalue weighted by Gasteiger charge is -2.07. The monoisotopic (exact) mass is 338 g/mol. The summed E-state index contributed by atoms with van der Waals surface area (Å²) in [6.45, 7) is 5.03. The maximum atomic E-state index is 12.0. The molecule has 118 valence electrons. The minimum absolute atomic E-state index is 0. The number of aromatic nitrogens is 2.